The molecule has 0 radical (unpaired) electrons. The van der Waals surface area contributed by atoms with Gasteiger partial charge in [-0.05, 0) is 90.4 Å². The molecule has 8 aliphatic rings. The van der Waals surface area contributed by atoms with Crippen molar-refractivity contribution in [2.24, 2.45) is 23.7 Å². The summed E-state index contributed by atoms with van der Waals surface area (Å²) in [5.74, 6) is 0.374. The second kappa shape index (κ2) is 19.1. The summed E-state index contributed by atoms with van der Waals surface area (Å²) in [6.07, 6.45) is 8.22. The lowest BCUT2D eigenvalue weighted by molar-refractivity contribution is -0.292. The van der Waals surface area contributed by atoms with Crippen molar-refractivity contribution in [1.29, 1.82) is 0 Å². The first-order chi connectivity index (χ1) is 28.3. The van der Waals surface area contributed by atoms with Gasteiger partial charge in [0.05, 0.1) is 48.8 Å². The molecule has 8 fully saturated rings. The average Bonchev–Trinajstić information content (AvgIpc) is 3.71. The molecule has 2 unspecified atom stereocenters. The third-order valence-electron chi connectivity index (χ3n) is 15.9. The Balaban J connectivity index is 1.01. The Hall–Kier alpha value is -0.513. The van der Waals surface area contributed by atoms with E-state index in [9.17, 15) is 9.90 Å². The second-order valence-corrected chi connectivity index (χ2v) is 27.6. The Kier molecular flexibility index (Phi) is 15.1. The average molecular weight is 924 g/mol. The maximum atomic E-state index is 14.3. The maximum absolute atomic E-state index is 14.3. The molecular formula is C48H79BrO10Si. The number of unbranched alkanes of at least 4 members (excludes halogenated alkanes) is 1. The van der Waals surface area contributed by atoms with Crippen LogP contribution in [0.2, 0.25) is 18.1 Å². The summed E-state index contributed by atoms with van der Waals surface area (Å²) >= 11 is 3.38. The molecule has 0 aromatic heterocycles. The van der Waals surface area contributed by atoms with Crippen LogP contribution in [0.4, 0.5) is 0 Å². The number of aliphatic hydroxyl groups is 1. The first-order valence-electron chi connectivity index (χ1n) is 23.7. The third-order valence-corrected chi connectivity index (χ3v) is 20.7. The van der Waals surface area contributed by atoms with Crippen molar-refractivity contribution in [2.45, 2.75) is 242 Å². The highest BCUT2D eigenvalue weighted by Crippen LogP contribution is 2.54. The number of fused-ring (bicyclic) bond motifs is 1. The fraction of sp³-hybridized carbons (Fsp3) is 0.896. The van der Waals surface area contributed by atoms with Gasteiger partial charge in [0.2, 0.25) is 0 Å². The topological polar surface area (TPSA) is 111 Å². The molecule has 342 valence electrons. The van der Waals surface area contributed by atoms with E-state index in [1.54, 1.807) is 0 Å². The van der Waals surface area contributed by atoms with Crippen molar-refractivity contribution >= 4 is 30.0 Å². The largest absolute Gasteiger partial charge is 0.417 e. The quantitative estimate of drug-likeness (QED) is 0.0994. The van der Waals surface area contributed by atoms with Crippen molar-refractivity contribution in [3.63, 3.8) is 0 Å². The highest BCUT2D eigenvalue weighted by atomic mass is 79.9. The van der Waals surface area contributed by atoms with Crippen LogP contribution in [0.3, 0.4) is 0 Å². The zero-order chi connectivity index (χ0) is 43.3. The van der Waals surface area contributed by atoms with Crippen molar-refractivity contribution < 1.29 is 47.5 Å². The zero-order valence-electron chi connectivity index (χ0n) is 38.3. The predicted octanol–water partition coefficient (Wildman–Crippen LogP) is 9.74. The number of halogens is 1. The summed E-state index contributed by atoms with van der Waals surface area (Å²) in [5.41, 5.74) is 1.16. The lowest BCUT2D eigenvalue weighted by Crippen LogP contribution is -2.61. The summed E-state index contributed by atoms with van der Waals surface area (Å²) in [5, 5.41) is 10.8. The summed E-state index contributed by atoms with van der Waals surface area (Å²) < 4.78 is 54.9. The van der Waals surface area contributed by atoms with Crippen molar-refractivity contribution in [2.75, 3.05) is 6.61 Å². The number of carbonyl (C=O) groups excluding carboxylic acids is 1. The molecule has 0 amide bonds. The standard InChI is InChI=1S/C48H79BrO10Si/c1-12-13-14-34-20-28(3)30(5)39(53-34)24-40-36(31(6)38(55-40)19-27(2)26-52-60(10,11)47(7,8)9)23-33(51)22-35-15-16-37-42(54-35)46-45-44(56-37)43-41(57-45)25-48(58-43,59-46)18-17-32(50)21-29(4)49/h27-28,31-32,34-46,50H,4-5,12-26H2,1-3,6-11H3/t27-,28+,31+,32+,34-,35?,36+,37-,38+,39?,40-,41+,42-,43-,44-,45+,46-,48-/m0/s1. The van der Waals surface area contributed by atoms with Crippen molar-refractivity contribution in [3.05, 3.63) is 23.2 Å². The Morgan fingerprint density at radius 2 is 1.68 bits per heavy atom. The molecule has 0 aliphatic carbocycles. The van der Waals surface area contributed by atoms with E-state index < -0.39 is 20.2 Å². The minimum atomic E-state index is -1.88. The van der Waals surface area contributed by atoms with Gasteiger partial charge in [-0.3, -0.25) is 4.79 Å². The number of rotatable bonds is 19. The van der Waals surface area contributed by atoms with Crippen LogP contribution in [0.25, 0.3) is 0 Å². The van der Waals surface area contributed by atoms with E-state index in [2.05, 4.69) is 90.6 Å². The predicted molar refractivity (Wildman–Crippen MR) is 238 cm³/mol. The van der Waals surface area contributed by atoms with Gasteiger partial charge >= 0.3 is 0 Å². The highest BCUT2D eigenvalue weighted by molar-refractivity contribution is 9.11. The normalized spacial score (nSPS) is 42.2. The number of ether oxygens (including phenoxy) is 7. The molecule has 0 aromatic rings. The third kappa shape index (κ3) is 10.5. The van der Waals surface area contributed by atoms with Gasteiger partial charge in [0.15, 0.2) is 14.1 Å². The van der Waals surface area contributed by atoms with Crippen LogP contribution in [0.15, 0.2) is 23.2 Å². The van der Waals surface area contributed by atoms with E-state index in [0.29, 0.717) is 50.4 Å². The second-order valence-electron chi connectivity index (χ2n) is 21.7. The summed E-state index contributed by atoms with van der Waals surface area (Å²) in [4.78, 5) is 14.3. The van der Waals surface area contributed by atoms with Crippen LogP contribution in [0.1, 0.15) is 138 Å². The molecule has 0 aromatic carbocycles. The number of hydrogen-bond donors (Lipinski definition) is 1. The smallest absolute Gasteiger partial charge is 0.191 e. The fourth-order valence-electron chi connectivity index (χ4n) is 11.2. The molecule has 0 spiro atoms. The van der Waals surface area contributed by atoms with E-state index in [1.807, 2.05) is 0 Å². The Labute approximate surface area is 371 Å². The molecule has 8 saturated heterocycles. The van der Waals surface area contributed by atoms with Crippen LogP contribution in [0.5, 0.6) is 0 Å². The van der Waals surface area contributed by atoms with Crippen LogP contribution < -0.4 is 0 Å². The van der Waals surface area contributed by atoms with Gasteiger partial charge in [-0.1, -0.05) is 90.4 Å². The van der Waals surface area contributed by atoms with Gasteiger partial charge in [0.1, 0.15) is 36.3 Å². The number of Topliss-reactive ketones (excluding diaryl/α,β-unsaturated/α-hetero) is 1. The minimum absolute atomic E-state index is 0.0397. The molecule has 8 heterocycles. The molecule has 12 heteroatoms. The Morgan fingerprint density at radius 3 is 2.40 bits per heavy atom. The lowest BCUT2D eigenvalue weighted by Gasteiger charge is -2.47. The van der Waals surface area contributed by atoms with Crippen LogP contribution in [-0.4, -0.2) is 111 Å². The number of hydrogen-bond acceptors (Lipinski definition) is 10. The van der Waals surface area contributed by atoms with Gasteiger partial charge in [-0.25, -0.2) is 0 Å². The van der Waals surface area contributed by atoms with E-state index in [1.165, 1.54) is 0 Å². The van der Waals surface area contributed by atoms with Crippen LogP contribution >= 0.6 is 15.9 Å². The summed E-state index contributed by atoms with van der Waals surface area (Å²) in [6, 6.07) is 0. The monoisotopic (exact) mass is 922 g/mol. The van der Waals surface area contributed by atoms with E-state index >= 15 is 0 Å². The van der Waals surface area contributed by atoms with Gasteiger partial charge in [0.25, 0.3) is 0 Å². The first kappa shape index (κ1) is 47.4. The van der Waals surface area contributed by atoms with Crippen LogP contribution in [0, 0.1) is 23.7 Å². The first-order valence-corrected chi connectivity index (χ1v) is 27.4. The molecular weight excluding hydrogens is 845 g/mol. The molecule has 60 heavy (non-hydrogen) atoms. The number of ketones is 1. The molecule has 10 nitrogen and oxygen atoms in total. The van der Waals surface area contributed by atoms with Crippen molar-refractivity contribution in [1.82, 2.24) is 0 Å². The van der Waals surface area contributed by atoms with E-state index in [0.717, 1.165) is 68.0 Å². The molecule has 18 atom stereocenters. The molecule has 0 saturated carbocycles. The van der Waals surface area contributed by atoms with E-state index in [4.69, 9.17) is 37.6 Å². The van der Waals surface area contributed by atoms with Gasteiger partial charge in [-0.2, -0.15) is 0 Å². The lowest BCUT2D eigenvalue weighted by atomic mass is 9.78. The summed E-state index contributed by atoms with van der Waals surface area (Å²) in [6.45, 7) is 29.8. The molecule has 8 aliphatic heterocycles. The molecule has 1 N–H and O–H groups in total. The van der Waals surface area contributed by atoms with Gasteiger partial charge in [0, 0.05) is 45.1 Å². The van der Waals surface area contributed by atoms with Gasteiger partial charge in [-0.15, -0.1) is 0 Å². The SMILES string of the molecule is C=C(Br)C[C@H](O)CC[C@@]12C[C@H]3O[C@H]4[C@@H](O1)[C@H]1OC(CC(=O)C[C@@H]5[C@@H](C)[C@@H](C[C@H](C)CO[Si](C)(C)C(C)(C)C)O[C@H]5CC5O[C@@H](CCCC)C[C@@H](C)C5=C)CC[C@@H]1O[C@H]4[C@H]3O2. The van der Waals surface area contributed by atoms with Crippen molar-refractivity contribution in [3.8, 4) is 0 Å². The Bertz CT molecular complexity index is 1520. The fourth-order valence-corrected chi connectivity index (χ4v) is 12.7. The zero-order valence-corrected chi connectivity index (χ0v) is 40.9. The minimum Gasteiger partial charge on any atom is -0.417 e. The molecule has 6 bridgehead atoms. The summed E-state index contributed by atoms with van der Waals surface area (Å²) in [7, 11) is -1.88. The van der Waals surface area contributed by atoms with Crippen LogP contribution in [-0.2, 0) is 42.4 Å². The maximum Gasteiger partial charge on any atom is 0.191 e. The Morgan fingerprint density at radius 1 is 0.967 bits per heavy atom. The molecule has 8 rings (SSSR count). The number of aliphatic hydroxyl groups excluding tert-OH is 1. The number of carbonyl (C=O) groups is 1. The highest BCUT2D eigenvalue weighted by Gasteiger charge is 2.68. The van der Waals surface area contributed by atoms with E-state index in [-0.39, 0.29) is 95.9 Å². The van der Waals surface area contributed by atoms with Gasteiger partial charge < -0.3 is 42.7 Å².